The molecule has 0 bridgehead atoms. The van der Waals surface area contributed by atoms with Crippen LogP contribution in [0.5, 0.6) is 0 Å². The molecule has 2 rings (SSSR count). The number of halogens is 2. The average molecular weight is 426 g/mol. The van der Waals surface area contributed by atoms with Crippen LogP contribution in [-0.2, 0) is 20.0 Å². The molecule has 0 amide bonds. The van der Waals surface area contributed by atoms with Crippen LogP contribution in [-0.4, -0.2) is 16.8 Å². The lowest BCUT2D eigenvalue weighted by molar-refractivity contribution is 0.597. The molecule has 0 radical (unpaired) electrons. The first kappa shape index (κ1) is 17.2. The fourth-order valence-electron chi connectivity index (χ4n) is 1.57. The molecule has 6 nitrogen and oxygen atoms in total. The lowest BCUT2D eigenvalue weighted by Gasteiger charge is -2.10. The van der Waals surface area contributed by atoms with Crippen molar-refractivity contribution in [2.45, 2.75) is 9.79 Å². The molecule has 0 heterocycles. The Balaban J connectivity index is 2.36. The average Bonchev–Trinajstić information content (AvgIpc) is 2.40. The Kier molecular flexibility index (Phi) is 4.83. The quantitative estimate of drug-likeness (QED) is 0.785. The van der Waals surface area contributed by atoms with Gasteiger partial charge in [0.05, 0.1) is 20.5 Å². The topological polar surface area (TPSA) is 106 Å². The summed E-state index contributed by atoms with van der Waals surface area (Å²) in [6.45, 7) is 0. The molecule has 0 unspecified atom stereocenters. The summed E-state index contributed by atoms with van der Waals surface area (Å²) < 4.78 is 49.9. The minimum absolute atomic E-state index is 0.0438. The van der Waals surface area contributed by atoms with E-state index in [1.807, 2.05) is 0 Å². The summed E-state index contributed by atoms with van der Waals surface area (Å²) in [4.78, 5) is -0.161. The van der Waals surface area contributed by atoms with E-state index in [-0.39, 0.29) is 20.5 Å². The maximum Gasteiger partial charge on any atom is 0.261 e. The van der Waals surface area contributed by atoms with Gasteiger partial charge in [0.15, 0.2) is 0 Å². The zero-order chi connectivity index (χ0) is 16.5. The van der Waals surface area contributed by atoms with Crippen LogP contribution in [0.2, 0.25) is 5.02 Å². The lowest BCUT2D eigenvalue weighted by atomic mass is 10.3. The van der Waals surface area contributed by atoms with Gasteiger partial charge in [0.1, 0.15) is 0 Å². The van der Waals surface area contributed by atoms with Crippen LogP contribution in [0.4, 0.5) is 5.69 Å². The Bertz CT molecular complexity index is 913. The van der Waals surface area contributed by atoms with Crippen molar-refractivity contribution in [3.05, 3.63) is 52.0 Å². The molecule has 0 aromatic heterocycles. The highest BCUT2D eigenvalue weighted by Gasteiger charge is 2.17. The first-order chi connectivity index (χ1) is 10.1. The zero-order valence-electron chi connectivity index (χ0n) is 10.8. The Labute approximate surface area is 141 Å². The molecule has 22 heavy (non-hydrogen) atoms. The summed E-state index contributed by atoms with van der Waals surface area (Å²) in [6, 6.07) is 9.48. The molecular formula is C12H10BrClN2O4S2. The van der Waals surface area contributed by atoms with Gasteiger partial charge < -0.3 is 0 Å². The maximum atomic E-state index is 12.2. The summed E-state index contributed by atoms with van der Waals surface area (Å²) >= 11 is 9.11. The molecule has 0 aliphatic rings. The lowest BCUT2D eigenvalue weighted by Crippen LogP contribution is -2.15. The van der Waals surface area contributed by atoms with Gasteiger partial charge in [0.25, 0.3) is 10.0 Å². The van der Waals surface area contributed by atoms with E-state index in [1.165, 1.54) is 24.3 Å². The third kappa shape index (κ3) is 3.99. The van der Waals surface area contributed by atoms with E-state index in [9.17, 15) is 16.8 Å². The van der Waals surface area contributed by atoms with Gasteiger partial charge in [-0.1, -0.05) is 27.5 Å². The number of nitrogens with two attached hydrogens (primary N) is 1. The van der Waals surface area contributed by atoms with Crippen LogP contribution in [0.1, 0.15) is 0 Å². The van der Waals surface area contributed by atoms with Crippen molar-refractivity contribution in [2.75, 3.05) is 4.72 Å². The molecule has 0 aliphatic carbocycles. The van der Waals surface area contributed by atoms with E-state index in [0.29, 0.717) is 0 Å². The fourth-order valence-corrected chi connectivity index (χ4v) is 3.81. The van der Waals surface area contributed by atoms with Crippen LogP contribution >= 0.6 is 27.5 Å². The molecule has 0 atom stereocenters. The number of rotatable bonds is 4. The van der Waals surface area contributed by atoms with Crippen LogP contribution in [0, 0.1) is 0 Å². The summed E-state index contributed by atoms with van der Waals surface area (Å²) in [7, 11) is -7.75. The molecule has 0 aliphatic heterocycles. The van der Waals surface area contributed by atoms with E-state index in [0.717, 1.165) is 10.5 Å². The molecule has 2 aromatic carbocycles. The van der Waals surface area contributed by atoms with Crippen molar-refractivity contribution in [1.82, 2.24) is 0 Å². The fraction of sp³-hybridized carbons (Fsp3) is 0. The second-order valence-electron chi connectivity index (χ2n) is 4.25. The number of primary sulfonamides is 1. The monoisotopic (exact) mass is 424 g/mol. The zero-order valence-corrected chi connectivity index (χ0v) is 14.8. The Morgan fingerprint density at radius 2 is 1.50 bits per heavy atom. The van der Waals surface area contributed by atoms with E-state index in [2.05, 4.69) is 20.7 Å². The standard InChI is InChI=1S/C12H10BrClN2O4S2/c13-8-1-3-9(4-2-8)22(19,20)16-12-6-5-10(7-11(12)14)21(15,17)18/h1-7,16H,(H2,15,17,18). The highest BCUT2D eigenvalue weighted by Crippen LogP contribution is 2.27. The SMILES string of the molecule is NS(=O)(=O)c1ccc(NS(=O)(=O)c2ccc(Br)cc2)c(Cl)c1. The molecule has 0 fully saturated rings. The van der Waals surface area contributed by atoms with E-state index in [4.69, 9.17) is 16.7 Å². The minimum atomic E-state index is -3.91. The first-order valence-corrected chi connectivity index (χ1v) is 9.90. The number of hydrogen-bond donors (Lipinski definition) is 2. The van der Waals surface area contributed by atoms with E-state index < -0.39 is 20.0 Å². The van der Waals surface area contributed by atoms with Gasteiger partial charge in [-0.3, -0.25) is 4.72 Å². The van der Waals surface area contributed by atoms with Gasteiger partial charge in [0.2, 0.25) is 10.0 Å². The van der Waals surface area contributed by atoms with Gasteiger partial charge in [-0.25, -0.2) is 22.0 Å². The maximum absolute atomic E-state index is 12.2. The normalized spacial score (nSPS) is 12.1. The number of hydrogen-bond acceptors (Lipinski definition) is 4. The van der Waals surface area contributed by atoms with Gasteiger partial charge in [0, 0.05) is 4.47 Å². The Morgan fingerprint density at radius 1 is 0.955 bits per heavy atom. The molecule has 10 heteroatoms. The van der Waals surface area contributed by atoms with E-state index in [1.54, 1.807) is 12.1 Å². The summed E-state index contributed by atoms with van der Waals surface area (Å²) in [5.41, 5.74) is 0.0528. The Morgan fingerprint density at radius 3 is 2.00 bits per heavy atom. The van der Waals surface area contributed by atoms with Crippen molar-refractivity contribution in [2.24, 2.45) is 5.14 Å². The third-order valence-electron chi connectivity index (χ3n) is 2.64. The van der Waals surface area contributed by atoms with E-state index >= 15 is 0 Å². The number of anilines is 1. The van der Waals surface area contributed by atoms with Gasteiger partial charge in [-0.2, -0.15) is 0 Å². The van der Waals surface area contributed by atoms with Crippen molar-refractivity contribution in [1.29, 1.82) is 0 Å². The van der Waals surface area contributed by atoms with Crippen LogP contribution < -0.4 is 9.86 Å². The van der Waals surface area contributed by atoms with Crippen LogP contribution in [0.3, 0.4) is 0 Å². The van der Waals surface area contributed by atoms with Crippen LogP contribution in [0.15, 0.2) is 56.7 Å². The second kappa shape index (κ2) is 6.17. The predicted molar refractivity (Wildman–Crippen MR) is 87.8 cm³/mol. The predicted octanol–water partition coefficient (Wildman–Crippen LogP) is 2.55. The van der Waals surface area contributed by atoms with Gasteiger partial charge in [-0.15, -0.1) is 0 Å². The van der Waals surface area contributed by atoms with Gasteiger partial charge in [-0.05, 0) is 42.5 Å². The number of sulfonamides is 2. The van der Waals surface area contributed by atoms with Crippen molar-refractivity contribution in [3.8, 4) is 0 Å². The highest BCUT2D eigenvalue weighted by atomic mass is 79.9. The Hall–Kier alpha value is -1.13. The molecule has 118 valence electrons. The summed E-state index contributed by atoms with van der Waals surface area (Å²) in [5.74, 6) is 0. The van der Waals surface area contributed by atoms with Crippen LogP contribution in [0.25, 0.3) is 0 Å². The highest BCUT2D eigenvalue weighted by molar-refractivity contribution is 9.10. The first-order valence-electron chi connectivity index (χ1n) is 5.70. The number of nitrogens with one attached hydrogen (secondary N) is 1. The molecular weight excluding hydrogens is 416 g/mol. The largest absolute Gasteiger partial charge is 0.278 e. The molecule has 0 spiro atoms. The summed E-state index contributed by atoms with van der Waals surface area (Å²) in [5, 5.41) is 4.90. The smallest absolute Gasteiger partial charge is 0.261 e. The van der Waals surface area contributed by atoms with Crippen molar-refractivity contribution in [3.63, 3.8) is 0 Å². The minimum Gasteiger partial charge on any atom is -0.278 e. The van der Waals surface area contributed by atoms with Crippen molar-refractivity contribution < 1.29 is 16.8 Å². The molecule has 0 saturated carbocycles. The molecule has 0 saturated heterocycles. The van der Waals surface area contributed by atoms with Crippen molar-refractivity contribution >= 4 is 53.3 Å². The summed E-state index contributed by atoms with van der Waals surface area (Å²) in [6.07, 6.45) is 0. The third-order valence-corrected chi connectivity index (χ3v) is 5.77. The second-order valence-corrected chi connectivity index (χ2v) is 8.81. The number of benzene rings is 2. The van der Waals surface area contributed by atoms with Gasteiger partial charge >= 0.3 is 0 Å². The molecule has 2 aromatic rings. The molecule has 3 N–H and O–H groups in total.